The molecule has 0 saturated heterocycles. The first-order valence-corrected chi connectivity index (χ1v) is 7.01. The van der Waals surface area contributed by atoms with Crippen molar-refractivity contribution in [2.45, 2.75) is 72.8 Å². The van der Waals surface area contributed by atoms with Gasteiger partial charge in [-0.1, -0.05) is 20.8 Å². The first-order valence-electron chi connectivity index (χ1n) is 7.01. The summed E-state index contributed by atoms with van der Waals surface area (Å²) in [6, 6.07) is 0. The second-order valence-electron chi connectivity index (χ2n) is 7.08. The van der Waals surface area contributed by atoms with Crippen LogP contribution in [0.2, 0.25) is 0 Å². The summed E-state index contributed by atoms with van der Waals surface area (Å²) in [6.45, 7) is 14.1. The molecule has 0 aliphatic rings. The van der Waals surface area contributed by atoms with Gasteiger partial charge in [-0.05, 0) is 45.4 Å². The molecule has 0 heterocycles. The molecule has 0 atom stereocenters. The van der Waals surface area contributed by atoms with Crippen LogP contribution in [-0.4, -0.2) is 24.7 Å². The zero-order valence-electron chi connectivity index (χ0n) is 13.1. The molecule has 18 heavy (non-hydrogen) atoms. The molecule has 0 bridgehead atoms. The summed E-state index contributed by atoms with van der Waals surface area (Å²) in [5.41, 5.74) is 0.234. The van der Waals surface area contributed by atoms with Crippen molar-refractivity contribution in [3.63, 3.8) is 0 Å². The number of nitrogens with one attached hydrogen (secondary N) is 1. The molecule has 0 aromatic carbocycles. The maximum atomic E-state index is 11.5. The Morgan fingerprint density at radius 2 is 1.67 bits per heavy atom. The van der Waals surface area contributed by atoms with Crippen LogP contribution in [0.1, 0.15) is 67.2 Å². The lowest BCUT2D eigenvalue weighted by molar-refractivity contribution is -0.121. The van der Waals surface area contributed by atoms with Crippen molar-refractivity contribution in [1.29, 1.82) is 0 Å². The molecule has 3 heteroatoms. The van der Waals surface area contributed by atoms with Crippen molar-refractivity contribution in [2.24, 2.45) is 5.41 Å². The fraction of sp³-hybridized carbons (Fsp3) is 0.933. The van der Waals surface area contributed by atoms with Crippen LogP contribution in [0.4, 0.5) is 0 Å². The molecular weight excluding hydrogens is 226 g/mol. The molecule has 0 radical (unpaired) electrons. The summed E-state index contributed by atoms with van der Waals surface area (Å²) < 4.78 is 5.59. The molecule has 0 rings (SSSR count). The minimum atomic E-state index is -0.0866. The van der Waals surface area contributed by atoms with Crippen LogP contribution in [0.15, 0.2) is 0 Å². The fourth-order valence-corrected chi connectivity index (χ4v) is 1.55. The van der Waals surface area contributed by atoms with Crippen LogP contribution in [-0.2, 0) is 9.53 Å². The number of amides is 1. The summed E-state index contributed by atoms with van der Waals surface area (Å²) in [5, 5.41) is 2.94. The third-order valence-corrected chi connectivity index (χ3v) is 2.51. The molecule has 0 saturated carbocycles. The molecule has 108 valence electrons. The molecule has 0 aromatic rings. The highest BCUT2D eigenvalue weighted by atomic mass is 16.5. The van der Waals surface area contributed by atoms with E-state index >= 15 is 0 Å². The lowest BCUT2D eigenvalue weighted by Gasteiger charge is -2.19. The molecule has 0 aliphatic carbocycles. The Kier molecular flexibility index (Phi) is 7.53. The Labute approximate surface area is 113 Å². The first-order chi connectivity index (χ1) is 8.10. The maximum absolute atomic E-state index is 11.5. The van der Waals surface area contributed by atoms with Gasteiger partial charge in [0, 0.05) is 19.6 Å². The van der Waals surface area contributed by atoms with Crippen LogP contribution in [0.5, 0.6) is 0 Å². The van der Waals surface area contributed by atoms with Gasteiger partial charge in [-0.3, -0.25) is 4.79 Å². The minimum Gasteiger partial charge on any atom is -0.376 e. The van der Waals surface area contributed by atoms with Crippen molar-refractivity contribution in [2.75, 3.05) is 13.2 Å². The van der Waals surface area contributed by atoms with Crippen molar-refractivity contribution in [3.05, 3.63) is 0 Å². The van der Waals surface area contributed by atoms with Gasteiger partial charge in [0.25, 0.3) is 0 Å². The largest absolute Gasteiger partial charge is 0.376 e. The monoisotopic (exact) mass is 257 g/mol. The SMILES string of the molecule is CC(C)(C)CCCC(=O)NCCCOC(C)(C)C. The van der Waals surface area contributed by atoms with Crippen LogP contribution in [0, 0.1) is 5.41 Å². The van der Waals surface area contributed by atoms with E-state index in [1.54, 1.807) is 0 Å². The highest BCUT2D eigenvalue weighted by Crippen LogP contribution is 2.21. The molecular formula is C15H31NO2. The molecule has 0 fully saturated rings. The highest BCUT2D eigenvalue weighted by Gasteiger charge is 2.11. The predicted molar refractivity (Wildman–Crippen MR) is 76.6 cm³/mol. The van der Waals surface area contributed by atoms with Crippen LogP contribution >= 0.6 is 0 Å². The van der Waals surface area contributed by atoms with Crippen LogP contribution < -0.4 is 5.32 Å². The minimum absolute atomic E-state index is 0.0866. The van der Waals surface area contributed by atoms with Gasteiger partial charge >= 0.3 is 0 Å². The first kappa shape index (κ1) is 17.4. The molecule has 0 aromatic heterocycles. The van der Waals surface area contributed by atoms with E-state index < -0.39 is 0 Å². The maximum Gasteiger partial charge on any atom is 0.219 e. The average molecular weight is 257 g/mol. The smallest absolute Gasteiger partial charge is 0.219 e. The zero-order chi connectivity index (χ0) is 14.2. The molecule has 0 unspecified atom stereocenters. The third-order valence-electron chi connectivity index (χ3n) is 2.51. The van der Waals surface area contributed by atoms with E-state index in [0.29, 0.717) is 25.0 Å². The van der Waals surface area contributed by atoms with Crippen molar-refractivity contribution >= 4 is 5.91 Å². The fourth-order valence-electron chi connectivity index (χ4n) is 1.55. The van der Waals surface area contributed by atoms with E-state index in [0.717, 1.165) is 19.3 Å². The van der Waals surface area contributed by atoms with Gasteiger partial charge in [-0.2, -0.15) is 0 Å². The topological polar surface area (TPSA) is 38.3 Å². The van der Waals surface area contributed by atoms with Gasteiger partial charge in [-0.15, -0.1) is 0 Å². The molecule has 0 spiro atoms. The summed E-state index contributed by atoms with van der Waals surface area (Å²) >= 11 is 0. The van der Waals surface area contributed by atoms with Crippen LogP contribution in [0.3, 0.4) is 0 Å². The lowest BCUT2D eigenvalue weighted by atomic mass is 9.90. The van der Waals surface area contributed by atoms with Crippen LogP contribution in [0.25, 0.3) is 0 Å². The number of rotatable bonds is 7. The number of hydrogen-bond donors (Lipinski definition) is 1. The number of carbonyl (C=O) groups excluding carboxylic acids is 1. The van der Waals surface area contributed by atoms with Gasteiger partial charge in [0.1, 0.15) is 0 Å². The Hall–Kier alpha value is -0.570. The second-order valence-corrected chi connectivity index (χ2v) is 7.08. The zero-order valence-corrected chi connectivity index (χ0v) is 13.1. The molecule has 1 N–H and O–H groups in total. The number of hydrogen-bond acceptors (Lipinski definition) is 2. The van der Waals surface area contributed by atoms with Gasteiger partial charge < -0.3 is 10.1 Å². The van der Waals surface area contributed by atoms with Crippen molar-refractivity contribution in [3.8, 4) is 0 Å². The van der Waals surface area contributed by atoms with Crippen molar-refractivity contribution in [1.82, 2.24) is 5.32 Å². The van der Waals surface area contributed by atoms with E-state index in [2.05, 4.69) is 26.1 Å². The number of carbonyl (C=O) groups is 1. The summed E-state index contributed by atoms with van der Waals surface area (Å²) in [6.07, 6.45) is 3.57. The predicted octanol–water partition coefficient (Wildman–Crippen LogP) is 3.52. The highest BCUT2D eigenvalue weighted by molar-refractivity contribution is 5.75. The molecule has 0 aliphatic heterocycles. The second kappa shape index (κ2) is 7.78. The summed E-state index contributed by atoms with van der Waals surface area (Å²) in [5.74, 6) is 0.162. The van der Waals surface area contributed by atoms with Crippen molar-refractivity contribution < 1.29 is 9.53 Å². The molecule has 3 nitrogen and oxygen atoms in total. The van der Waals surface area contributed by atoms with E-state index in [9.17, 15) is 4.79 Å². The van der Waals surface area contributed by atoms with E-state index in [-0.39, 0.29) is 11.5 Å². The quantitative estimate of drug-likeness (QED) is 0.709. The van der Waals surface area contributed by atoms with E-state index in [1.807, 2.05) is 20.8 Å². The summed E-state index contributed by atoms with van der Waals surface area (Å²) in [4.78, 5) is 11.5. The Morgan fingerprint density at radius 1 is 1.06 bits per heavy atom. The van der Waals surface area contributed by atoms with Gasteiger partial charge in [0.2, 0.25) is 5.91 Å². The average Bonchev–Trinajstić information content (AvgIpc) is 2.13. The van der Waals surface area contributed by atoms with Gasteiger partial charge in [0.15, 0.2) is 0 Å². The Balaban J connectivity index is 3.44. The lowest BCUT2D eigenvalue weighted by Crippen LogP contribution is -2.27. The normalized spacial score (nSPS) is 12.6. The van der Waals surface area contributed by atoms with E-state index in [1.165, 1.54) is 0 Å². The Bertz CT molecular complexity index is 236. The van der Waals surface area contributed by atoms with E-state index in [4.69, 9.17) is 4.74 Å². The van der Waals surface area contributed by atoms with Gasteiger partial charge in [0.05, 0.1) is 5.60 Å². The third kappa shape index (κ3) is 13.5. The number of ether oxygens (including phenoxy) is 1. The Morgan fingerprint density at radius 3 is 2.17 bits per heavy atom. The van der Waals surface area contributed by atoms with Gasteiger partial charge in [-0.25, -0.2) is 0 Å². The standard InChI is InChI=1S/C15H31NO2/c1-14(2,3)10-7-9-13(17)16-11-8-12-18-15(4,5)6/h7-12H2,1-6H3,(H,16,17). The molecule has 1 amide bonds. The summed E-state index contributed by atoms with van der Waals surface area (Å²) in [7, 11) is 0.